The SMILES string of the molecule is C#Cc1cccc(Nc2nc(=O)[nH]c3ccc(NC(=O)C=CCN4CC(=O)OCC4(C)C)cc23)c1. The number of aromatic nitrogens is 2. The summed E-state index contributed by atoms with van der Waals surface area (Å²) in [6.45, 7) is 4.88. The zero-order valence-corrected chi connectivity index (χ0v) is 19.4. The number of nitrogens with one attached hydrogen (secondary N) is 3. The van der Waals surface area contributed by atoms with E-state index in [4.69, 9.17) is 11.2 Å². The summed E-state index contributed by atoms with van der Waals surface area (Å²) in [6, 6.07) is 12.3. The molecular weight excluding hydrogens is 446 g/mol. The average Bonchev–Trinajstić information content (AvgIpc) is 2.82. The van der Waals surface area contributed by atoms with Crippen molar-refractivity contribution >= 4 is 40.0 Å². The summed E-state index contributed by atoms with van der Waals surface area (Å²) < 4.78 is 5.11. The fraction of sp³-hybridized carbons (Fsp3) is 0.231. The second-order valence-corrected chi connectivity index (χ2v) is 8.75. The molecule has 0 unspecified atom stereocenters. The molecular formula is C26H25N5O4. The van der Waals surface area contributed by atoms with Gasteiger partial charge >= 0.3 is 11.7 Å². The normalized spacial score (nSPS) is 15.5. The maximum absolute atomic E-state index is 12.5. The summed E-state index contributed by atoms with van der Waals surface area (Å²) in [5.41, 5.74) is 1.66. The summed E-state index contributed by atoms with van der Waals surface area (Å²) in [7, 11) is 0. The highest BCUT2D eigenvalue weighted by Gasteiger charge is 2.33. The molecule has 4 rings (SSSR count). The van der Waals surface area contributed by atoms with Gasteiger partial charge in [-0.1, -0.05) is 18.1 Å². The van der Waals surface area contributed by atoms with E-state index in [0.717, 1.165) is 0 Å². The first-order chi connectivity index (χ1) is 16.7. The van der Waals surface area contributed by atoms with Crippen LogP contribution in [0.3, 0.4) is 0 Å². The molecule has 9 heteroatoms. The fourth-order valence-corrected chi connectivity index (χ4v) is 3.70. The standard InChI is InChI=1S/C26H25N5O4/c1-4-17-7-5-8-18(13-17)28-24-20-14-19(10-11-21(20)29-25(34)30-24)27-22(32)9-6-12-31-15-23(33)35-16-26(31,2)3/h1,5-11,13-14H,12,15-16H2,2-3H3,(H,27,32)(H2,28,29,30,34). The zero-order valence-electron chi connectivity index (χ0n) is 19.4. The minimum Gasteiger partial charge on any atom is -0.463 e. The third-order valence-electron chi connectivity index (χ3n) is 5.65. The van der Waals surface area contributed by atoms with Crippen LogP contribution in [-0.4, -0.2) is 52.0 Å². The van der Waals surface area contributed by atoms with E-state index in [1.54, 1.807) is 42.5 Å². The number of terminal acetylenes is 1. The van der Waals surface area contributed by atoms with Crippen molar-refractivity contribution in [2.75, 3.05) is 30.3 Å². The number of hydrogen-bond donors (Lipinski definition) is 3. The lowest BCUT2D eigenvalue weighted by molar-refractivity contribution is -0.159. The zero-order chi connectivity index (χ0) is 25.0. The minimum atomic E-state index is -0.502. The van der Waals surface area contributed by atoms with Gasteiger partial charge in [-0.15, -0.1) is 6.42 Å². The van der Waals surface area contributed by atoms with Crippen molar-refractivity contribution in [1.82, 2.24) is 14.9 Å². The lowest BCUT2D eigenvalue weighted by Crippen LogP contribution is -2.54. The number of anilines is 3. The number of benzene rings is 2. The molecule has 1 aliphatic rings. The van der Waals surface area contributed by atoms with Crippen molar-refractivity contribution in [2.24, 2.45) is 0 Å². The molecule has 1 saturated heterocycles. The van der Waals surface area contributed by atoms with E-state index in [0.29, 0.717) is 46.8 Å². The van der Waals surface area contributed by atoms with Crippen LogP contribution in [0, 0.1) is 12.3 Å². The highest BCUT2D eigenvalue weighted by molar-refractivity contribution is 6.01. The molecule has 0 spiro atoms. The summed E-state index contributed by atoms with van der Waals surface area (Å²) in [6.07, 6.45) is 8.61. The Hall–Kier alpha value is -4.42. The highest BCUT2D eigenvalue weighted by Crippen LogP contribution is 2.25. The Kier molecular flexibility index (Phi) is 6.66. The van der Waals surface area contributed by atoms with Crippen LogP contribution in [0.2, 0.25) is 0 Å². The highest BCUT2D eigenvalue weighted by atomic mass is 16.5. The maximum atomic E-state index is 12.5. The summed E-state index contributed by atoms with van der Waals surface area (Å²) in [5.74, 6) is 2.30. The quantitative estimate of drug-likeness (QED) is 0.288. The predicted octanol–water partition coefficient (Wildman–Crippen LogP) is 2.78. The van der Waals surface area contributed by atoms with Gasteiger partial charge in [0.15, 0.2) is 0 Å². The number of carbonyl (C=O) groups excluding carboxylic acids is 2. The van der Waals surface area contributed by atoms with E-state index >= 15 is 0 Å². The number of ether oxygens (including phenoxy) is 1. The first-order valence-corrected chi connectivity index (χ1v) is 11.0. The third-order valence-corrected chi connectivity index (χ3v) is 5.65. The van der Waals surface area contributed by atoms with Crippen molar-refractivity contribution in [1.29, 1.82) is 0 Å². The number of nitrogens with zero attached hydrogens (tertiary/aromatic N) is 2. The number of morpholine rings is 1. The van der Waals surface area contributed by atoms with Gasteiger partial charge in [0, 0.05) is 34.9 Å². The Bertz CT molecular complexity index is 1420. The largest absolute Gasteiger partial charge is 0.463 e. The number of H-pyrrole nitrogens is 1. The van der Waals surface area contributed by atoms with Crippen LogP contribution in [0.15, 0.2) is 59.4 Å². The second kappa shape index (κ2) is 9.83. The molecule has 0 radical (unpaired) electrons. The van der Waals surface area contributed by atoms with Gasteiger partial charge in [0.25, 0.3) is 0 Å². The first kappa shape index (κ1) is 23.7. The van der Waals surface area contributed by atoms with Crippen molar-refractivity contribution in [2.45, 2.75) is 19.4 Å². The van der Waals surface area contributed by atoms with Gasteiger partial charge < -0.3 is 20.4 Å². The van der Waals surface area contributed by atoms with Crippen molar-refractivity contribution in [3.05, 3.63) is 70.7 Å². The van der Waals surface area contributed by atoms with Crippen molar-refractivity contribution < 1.29 is 14.3 Å². The molecule has 0 saturated carbocycles. The number of rotatable bonds is 6. The Morgan fingerprint density at radius 2 is 2.09 bits per heavy atom. The number of amides is 1. The molecule has 2 heterocycles. The van der Waals surface area contributed by atoms with Crippen LogP contribution < -0.4 is 16.3 Å². The molecule has 0 atom stereocenters. The van der Waals surface area contributed by atoms with E-state index in [9.17, 15) is 14.4 Å². The molecule has 1 aromatic heterocycles. The van der Waals surface area contributed by atoms with Crippen molar-refractivity contribution in [3.8, 4) is 12.3 Å². The second-order valence-electron chi connectivity index (χ2n) is 8.75. The molecule has 1 amide bonds. The topological polar surface area (TPSA) is 116 Å². The first-order valence-electron chi connectivity index (χ1n) is 11.0. The number of fused-ring (bicyclic) bond motifs is 1. The molecule has 35 heavy (non-hydrogen) atoms. The molecule has 1 fully saturated rings. The molecule has 0 aliphatic carbocycles. The average molecular weight is 472 g/mol. The van der Waals surface area contributed by atoms with Crippen LogP contribution in [0.4, 0.5) is 17.2 Å². The van der Waals surface area contributed by atoms with E-state index < -0.39 is 5.69 Å². The van der Waals surface area contributed by atoms with Gasteiger partial charge in [-0.25, -0.2) is 4.79 Å². The Morgan fingerprint density at radius 3 is 2.89 bits per heavy atom. The molecule has 9 nitrogen and oxygen atoms in total. The van der Waals surface area contributed by atoms with E-state index in [1.165, 1.54) is 6.08 Å². The molecule has 0 bridgehead atoms. The Morgan fingerprint density at radius 1 is 1.26 bits per heavy atom. The number of cyclic esters (lactones) is 1. The molecule has 2 aromatic carbocycles. The van der Waals surface area contributed by atoms with Crippen LogP contribution >= 0.6 is 0 Å². The van der Waals surface area contributed by atoms with Crippen molar-refractivity contribution in [3.63, 3.8) is 0 Å². The van der Waals surface area contributed by atoms with Crippen LogP contribution in [0.25, 0.3) is 10.9 Å². The smallest absolute Gasteiger partial charge is 0.347 e. The lowest BCUT2D eigenvalue weighted by atomic mass is 10.0. The Labute approximate surface area is 202 Å². The molecule has 1 aliphatic heterocycles. The van der Waals surface area contributed by atoms with Crippen LogP contribution in [0.5, 0.6) is 0 Å². The number of hydrogen-bond acceptors (Lipinski definition) is 7. The van der Waals surface area contributed by atoms with Gasteiger partial charge in [-0.2, -0.15) is 4.98 Å². The fourth-order valence-electron chi connectivity index (χ4n) is 3.70. The monoisotopic (exact) mass is 471 g/mol. The van der Waals surface area contributed by atoms with Gasteiger partial charge in [0.05, 0.1) is 17.6 Å². The van der Waals surface area contributed by atoms with E-state index in [1.807, 2.05) is 24.8 Å². The third kappa shape index (κ3) is 5.75. The summed E-state index contributed by atoms with van der Waals surface area (Å²) >= 11 is 0. The van der Waals surface area contributed by atoms with Gasteiger partial charge in [0.1, 0.15) is 12.4 Å². The van der Waals surface area contributed by atoms with Gasteiger partial charge in [-0.05, 0) is 50.2 Å². The minimum absolute atomic E-state index is 0.175. The predicted molar refractivity (Wildman–Crippen MR) is 134 cm³/mol. The number of aromatic amines is 1. The van der Waals surface area contributed by atoms with E-state index in [2.05, 4.69) is 26.5 Å². The number of carbonyl (C=O) groups is 2. The Balaban J connectivity index is 1.50. The molecule has 178 valence electrons. The molecule has 3 N–H and O–H groups in total. The maximum Gasteiger partial charge on any atom is 0.347 e. The van der Waals surface area contributed by atoms with E-state index in [-0.39, 0.29) is 24.0 Å². The summed E-state index contributed by atoms with van der Waals surface area (Å²) in [5, 5.41) is 6.56. The summed E-state index contributed by atoms with van der Waals surface area (Å²) in [4.78, 5) is 44.8. The van der Waals surface area contributed by atoms with Gasteiger partial charge in [0.2, 0.25) is 5.91 Å². The van der Waals surface area contributed by atoms with Gasteiger partial charge in [-0.3, -0.25) is 14.5 Å². The van der Waals surface area contributed by atoms with Crippen LogP contribution in [0.1, 0.15) is 19.4 Å². The van der Waals surface area contributed by atoms with Crippen LogP contribution in [-0.2, 0) is 14.3 Å². The lowest BCUT2D eigenvalue weighted by Gasteiger charge is -2.40. The molecule has 3 aromatic rings. The number of esters is 1.